The minimum Gasteiger partial charge on any atom is -0.249 e. The van der Waals surface area contributed by atoms with E-state index in [0.717, 1.165) is 90.4 Å². The summed E-state index contributed by atoms with van der Waals surface area (Å²) in [5, 5.41) is 6.82. The highest BCUT2D eigenvalue weighted by Crippen LogP contribution is 2.44. The lowest BCUT2D eigenvalue weighted by molar-refractivity contribution is 0.932. The van der Waals surface area contributed by atoms with E-state index in [1.807, 2.05) is 12.1 Å². The van der Waals surface area contributed by atoms with Gasteiger partial charge in [0.25, 0.3) is 0 Å². The van der Waals surface area contributed by atoms with Crippen molar-refractivity contribution in [1.29, 1.82) is 0 Å². The van der Waals surface area contributed by atoms with E-state index in [1.165, 1.54) is 10.8 Å². The molecule has 0 aliphatic carbocycles. The molecule has 8 aromatic rings. The summed E-state index contributed by atoms with van der Waals surface area (Å²) in [5.74, 6) is 0. The molecule has 0 saturated heterocycles. The molecule has 190 valence electrons. The van der Waals surface area contributed by atoms with E-state index >= 15 is 0 Å². The second-order valence-corrected chi connectivity index (χ2v) is 10.3. The molecule has 0 bridgehead atoms. The molecular formula is C36H26N4. The zero-order valence-corrected chi connectivity index (χ0v) is 22.4. The van der Waals surface area contributed by atoms with Gasteiger partial charge in [-0.05, 0) is 12.8 Å². The maximum absolute atomic E-state index is 5.41. The molecule has 8 rings (SSSR count). The van der Waals surface area contributed by atoms with Crippen molar-refractivity contribution >= 4 is 54.4 Å². The summed E-state index contributed by atoms with van der Waals surface area (Å²) < 4.78 is 0. The standard InChI is InChI=1S/C36H26N4/c1-3-27-28(4-2)38-34-24-18-12-20-26-30(24)29-23(33(34)37-27)17-11-19-25(29)35-36(26)40-32(22-15-9-6-10-16-22)31(39-35)21-13-7-5-8-14-21/h5-20H,3-4H2,1-2H3. The van der Waals surface area contributed by atoms with Gasteiger partial charge in [-0.1, -0.05) is 111 Å². The van der Waals surface area contributed by atoms with E-state index in [4.69, 9.17) is 19.9 Å². The summed E-state index contributed by atoms with van der Waals surface area (Å²) in [6, 6.07) is 33.7. The van der Waals surface area contributed by atoms with Crippen molar-refractivity contribution in [2.75, 3.05) is 0 Å². The Morgan fingerprint density at radius 2 is 0.750 bits per heavy atom. The van der Waals surface area contributed by atoms with E-state index in [1.54, 1.807) is 0 Å². The Bertz CT molecular complexity index is 2060. The van der Waals surface area contributed by atoms with Crippen LogP contribution in [0.2, 0.25) is 0 Å². The van der Waals surface area contributed by atoms with Gasteiger partial charge in [-0.2, -0.15) is 0 Å². The lowest BCUT2D eigenvalue weighted by Gasteiger charge is -2.18. The molecule has 0 amide bonds. The third kappa shape index (κ3) is 3.19. The van der Waals surface area contributed by atoms with E-state index in [0.29, 0.717) is 0 Å². The van der Waals surface area contributed by atoms with Gasteiger partial charge in [0.1, 0.15) is 0 Å². The highest BCUT2D eigenvalue weighted by Gasteiger charge is 2.22. The molecule has 6 aromatic carbocycles. The lowest BCUT2D eigenvalue weighted by atomic mass is 9.90. The van der Waals surface area contributed by atoms with Crippen molar-refractivity contribution < 1.29 is 0 Å². The van der Waals surface area contributed by atoms with Crippen molar-refractivity contribution in [3.8, 4) is 22.5 Å². The first-order valence-corrected chi connectivity index (χ1v) is 14.0. The Balaban J connectivity index is 1.61. The quantitative estimate of drug-likeness (QED) is 0.174. The van der Waals surface area contributed by atoms with Gasteiger partial charge in [0.15, 0.2) is 0 Å². The predicted octanol–water partition coefficient (Wildman–Crippen LogP) is 8.93. The van der Waals surface area contributed by atoms with E-state index < -0.39 is 0 Å². The summed E-state index contributed by atoms with van der Waals surface area (Å²) in [5.41, 5.74) is 9.80. The van der Waals surface area contributed by atoms with Gasteiger partial charge in [0.05, 0.1) is 44.8 Å². The number of hydrogen-bond acceptors (Lipinski definition) is 4. The van der Waals surface area contributed by atoms with Gasteiger partial charge in [-0.15, -0.1) is 0 Å². The Hall–Kier alpha value is -4.96. The number of benzene rings is 6. The van der Waals surface area contributed by atoms with Crippen LogP contribution in [0.25, 0.3) is 76.9 Å². The van der Waals surface area contributed by atoms with Crippen molar-refractivity contribution in [3.05, 3.63) is 108 Å². The number of fused-ring (bicyclic) bond motifs is 6. The van der Waals surface area contributed by atoms with Gasteiger partial charge in [0, 0.05) is 43.4 Å². The number of aryl methyl sites for hydroxylation is 2. The van der Waals surface area contributed by atoms with Crippen molar-refractivity contribution in [2.45, 2.75) is 26.7 Å². The Morgan fingerprint density at radius 3 is 1.10 bits per heavy atom. The highest BCUT2D eigenvalue weighted by atomic mass is 14.8. The van der Waals surface area contributed by atoms with Crippen molar-refractivity contribution in [1.82, 2.24) is 19.9 Å². The van der Waals surface area contributed by atoms with Crippen LogP contribution in [0.15, 0.2) is 97.1 Å². The Kier molecular flexibility index (Phi) is 5.05. The molecule has 4 nitrogen and oxygen atoms in total. The van der Waals surface area contributed by atoms with Crippen LogP contribution in [-0.4, -0.2) is 19.9 Å². The smallest absolute Gasteiger partial charge is 0.0980 e. The molecule has 0 N–H and O–H groups in total. The molecule has 0 aliphatic heterocycles. The molecular weight excluding hydrogens is 488 g/mol. The van der Waals surface area contributed by atoms with E-state index in [-0.39, 0.29) is 0 Å². The minimum absolute atomic E-state index is 0.863. The average molecular weight is 515 g/mol. The average Bonchev–Trinajstić information content (AvgIpc) is 3.03. The molecule has 0 spiro atoms. The maximum atomic E-state index is 5.41. The van der Waals surface area contributed by atoms with Gasteiger partial charge >= 0.3 is 0 Å². The summed E-state index contributed by atoms with van der Waals surface area (Å²) in [4.78, 5) is 21.3. The van der Waals surface area contributed by atoms with Gasteiger partial charge in [-0.3, -0.25) is 0 Å². The second kappa shape index (κ2) is 8.78. The normalized spacial score (nSPS) is 11.9. The van der Waals surface area contributed by atoms with Crippen LogP contribution in [0.5, 0.6) is 0 Å². The molecule has 4 heteroatoms. The maximum Gasteiger partial charge on any atom is 0.0980 e. The molecule has 0 unspecified atom stereocenters. The monoisotopic (exact) mass is 514 g/mol. The summed E-state index contributed by atoms with van der Waals surface area (Å²) >= 11 is 0. The zero-order valence-electron chi connectivity index (χ0n) is 22.4. The topological polar surface area (TPSA) is 51.6 Å². The van der Waals surface area contributed by atoms with Gasteiger partial charge < -0.3 is 0 Å². The Labute approximate surface area is 231 Å². The fraction of sp³-hybridized carbons (Fsp3) is 0.111. The van der Waals surface area contributed by atoms with Crippen LogP contribution in [0.4, 0.5) is 0 Å². The van der Waals surface area contributed by atoms with Crippen LogP contribution < -0.4 is 0 Å². The highest BCUT2D eigenvalue weighted by molar-refractivity contribution is 6.38. The molecule has 0 aliphatic rings. The Morgan fingerprint density at radius 1 is 0.400 bits per heavy atom. The molecule has 2 aromatic heterocycles. The number of aromatic nitrogens is 4. The van der Waals surface area contributed by atoms with Crippen molar-refractivity contribution in [2.24, 2.45) is 0 Å². The fourth-order valence-electron chi connectivity index (χ4n) is 6.28. The SMILES string of the molecule is CCc1nc2c3cccc4c5nc(-c6ccccc6)c(-c6ccccc6)nc5c5cccc(c2nc1CC)c5c34. The lowest BCUT2D eigenvalue weighted by Crippen LogP contribution is -2.03. The number of nitrogens with zero attached hydrogens (tertiary/aromatic N) is 4. The molecule has 0 radical (unpaired) electrons. The van der Waals surface area contributed by atoms with Crippen LogP contribution in [0, 0.1) is 0 Å². The fourth-order valence-corrected chi connectivity index (χ4v) is 6.28. The molecule has 0 atom stereocenters. The second-order valence-electron chi connectivity index (χ2n) is 10.3. The van der Waals surface area contributed by atoms with E-state index in [9.17, 15) is 0 Å². The molecule has 0 saturated carbocycles. The summed E-state index contributed by atoms with van der Waals surface area (Å²) in [7, 11) is 0. The zero-order chi connectivity index (χ0) is 26.8. The van der Waals surface area contributed by atoms with E-state index in [2.05, 4.69) is 98.8 Å². The summed E-state index contributed by atoms with van der Waals surface area (Å²) in [6.07, 6.45) is 1.73. The predicted molar refractivity (Wildman–Crippen MR) is 166 cm³/mol. The third-order valence-electron chi connectivity index (χ3n) is 8.11. The van der Waals surface area contributed by atoms with Crippen molar-refractivity contribution in [3.63, 3.8) is 0 Å². The first-order valence-electron chi connectivity index (χ1n) is 14.0. The minimum atomic E-state index is 0.863. The number of rotatable bonds is 4. The van der Waals surface area contributed by atoms with Crippen LogP contribution in [0.3, 0.4) is 0 Å². The van der Waals surface area contributed by atoms with Crippen LogP contribution in [-0.2, 0) is 12.8 Å². The molecule has 2 heterocycles. The number of hydrogen-bond donors (Lipinski definition) is 0. The molecule has 40 heavy (non-hydrogen) atoms. The van der Waals surface area contributed by atoms with Gasteiger partial charge in [0.2, 0.25) is 0 Å². The molecule has 0 fully saturated rings. The first-order chi connectivity index (χ1) is 19.8. The first kappa shape index (κ1) is 23.0. The van der Waals surface area contributed by atoms with Gasteiger partial charge in [-0.25, -0.2) is 19.9 Å². The van der Waals surface area contributed by atoms with Crippen LogP contribution in [0.1, 0.15) is 25.2 Å². The summed E-state index contributed by atoms with van der Waals surface area (Å²) in [6.45, 7) is 4.32. The third-order valence-corrected chi connectivity index (χ3v) is 8.11. The van der Waals surface area contributed by atoms with Crippen LogP contribution >= 0.6 is 0 Å². The largest absolute Gasteiger partial charge is 0.249 e.